The summed E-state index contributed by atoms with van der Waals surface area (Å²) in [6.07, 6.45) is 3.17. The molecule has 1 aliphatic heterocycles. The molecule has 0 saturated carbocycles. The fraction of sp³-hybridized carbons (Fsp3) is 0.341. The van der Waals surface area contributed by atoms with Crippen LogP contribution in [-0.4, -0.2) is 102 Å². The number of carbonyl (C=O) groups excluding carboxylic acids is 2. The van der Waals surface area contributed by atoms with E-state index >= 15 is 0 Å². The lowest BCUT2D eigenvalue weighted by Crippen LogP contribution is -2.46. The lowest BCUT2D eigenvalue weighted by molar-refractivity contribution is 0.0940. The fourth-order valence-electron chi connectivity index (χ4n) is 6.86. The van der Waals surface area contributed by atoms with Crippen LogP contribution in [-0.2, 0) is 21.9 Å². The number of methoxy groups -OCH3 is 2. The Labute approximate surface area is 346 Å². The summed E-state index contributed by atoms with van der Waals surface area (Å²) in [4.78, 5) is 36.0. The van der Waals surface area contributed by atoms with Gasteiger partial charge in [-0.05, 0) is 72.1 Å². The first-order chi connectivity index (χ1) is 28.1. The molecule has 4 N–H and O–H groups in total. The second kappa shape index (κ2) is 18.4. The van der Waals surface area contributed by atoms with Gasteiger partial charge in [0.1, 0.15) is 17.2 Å². The van der Waals surface area contributed by atoms with E-state index < -0.39 is 16.1 Å². The summed E-state index contributed by atoms with van der Waals surface area (Å²) in [5.74, 6) is 1.73. The zero-order valence-electron chi connectivity index (χ0n) is 34.6. The van der Waals surface area contributed by atoms with Crippen molar-refractivity contribution >= 4 is 49.8 Å². The molecule has 0 atom stereocenters. The van der Waals surface area contributed by atoms with E-state index in [1.54, 1.807) is 49.7 Å². The largest absolute Gasteiger partial charge is 0.497 e. The number of pyridine rings is 1. The summed E-state index contributed by atoms with van der Waals surface area (Å²) < 4.78 is 44.4. The Kier molecular flexibility index (Phi) is 13.3. The van der Waals surface area contributed by atoms with Gasteiger partial charge in [0.25, 0.3) is 5.91 Å². The fourth-order valence-corrected chi connectivity index (χ4v) is 7.41. The van der Waals surface area contributed by atoms with Gasteiger partial charge >= 0.3 is 6.03 Å². The Morgan fingerprint density at radius 2 is 1.53 bits per heavy atom. The highest BCUT2D eigenvalue weighted by molar-refractivity contribution is 7.92. The number of likely N-dealkylation sites (N-methyl/N-ethyl adjacent to an activating group) is 1. The molecule has 312 valence electrons. The molecule has 0 unspecified atom stereocenters. The Morgan fingerprint density at radius 1 is 0.814 bits per heavy atom. The number of ether oxygens (including phenoxy) is 3. The van der Waals surface area contributed by atoms with Gasteiger partial charge in [-0.1, -0.05) is 45.0 Å². The number of piperazine rings is 1. The maximum absolute atomic E-state index is 13.5. The second-order valence-electron chi connectivity index (χ2n) is 15.7. The second-order valence-corrected chi connectivity index (χ2v) is 17.4. The maximum Gasteiger partial charge on any atom is 0.323 e. The van der Waals surface area contributed by atoms with Crippen molar-refractivity contribution in [3.8, 4) is 23.0 Å². The predicted molar refractivity (Wildman–Crippen MR) is 233 cm³/mol. The third kappa shape index (κ3) is 11.4. The smallest absolute Gasteiger partial charge is 0.323 e. The van der Waals surface area contributed by atoms with Crippen LogP contribution in [0, 0.1) is 0 Å². The van der Waals surface area contributed by atoms with E-state index in [1.165, 1.54) is 7.11 Å². The Bertz CT molecular complexity index is 2430. The minimum absolute atomic E-state index is 0.155. The normalized spacial score (nSPS) is 13.7. The predicted octanol–water partition coefficient (Wildman–Crippen LogP) is 6.93. The number of nitrogens with zero attached hydrogens (tertiary/aromatic N) is 3. The molecule has 14 nitrogen and oxygen atoms in total. The molecule has 59 heavy (non-hydrogen) atoms. The quantitative estimate of drug-likeness (QED) is 0.0925. The first-order valence-electron chi connectivity index (χ1n) is 19.4. The van der Waals surface area contributed by atoms with Crippen molar-refractivity contribution in [1.82, 2.24) is 20.1 Å². The molecule has 3 amide bonds. The number of urea groups is 1. The standard InChI is InChI=1S/C44H53N7O7S/c1-44(2,3)31-26-38(41(57-6)39(27-31)49-59(7,54)55)48-43(53)47-37-12-13-40(36-11-9-8-10-35(36)37)58-33-14-15-45-32(28-33)23-29-22-30(25-34(24-29)56-5)42(52)46-16-17-51-20-18-50(4)19-21-51/h8-15,22,24-28,49H,16-21,23H2,1-7H3,(H,46,52)(H2,47,48,53). The number of carbonyl (C=O) groups is 2. The molecule has 1 aromatic heterocycles. The third-order valence-corrected chi connectivity index (χ3v) is 10.6. The van der Waals surface area contributed by atoms with Crippen molar-refractivity contribution in [2.24, 2.45) is 0 Å². The number of anilines is 3. The van der Waals surface area contributed by atoms with Crippen molar-refractivity contribution in [3.05, 3.63) is 107 Å². The first-order valence-corrected chi connectivity index (χ1v) is 21.3. The number of nitrogens with one attached hydrogen (secondary N) is 4. The molecule has 15 heteroatoms. The summed E-state index contributed by atoms with van der Waals surface area (Å²) in [6, 6.07) is 23.1. The van der Waals surface area contributed by atoms with Crippen molar-refractivity contribution < 1.29 is 32.2 Å². The van der Waals surface area contributed by atoms with Crippen LogP contribution < -0.4 is 34.9 Å². The molecule has 1 saturated heterocycles. The van der Waals surface area contributed by atoms with Crippen LogP contribution in [0.25, 0.3) is 10.8 Å². The van der Waals surface area contributed by atoms with Gasteiger partial charge in [0.15, 0.2) is 5.75 Å². The molecule has 4 aromatic carbocycles. The van der Waals surface area contributed by atoms with Crippen LogP contribution in [0.2, 0.25) is 0 Å². The molecule has 5 aromatic rings. The number of rotatable bonds is 14. The molecule has 0 spiro atoms. The van der Waals surface area contributed by atoms with Gasteiger partial charge in [0, 0.05) is 80.0 Å². The minimum atomic E-state index is -3.64. The lowest BCUT2D eigenvalue weighted by atomic mass is 9.86. The van der Waals surface area contributed by atoms with E-state index in [-0.39, 0.29) is 22.8 Å². The van der Waals surface area contributed by atoms with Gasteiger partial charge in [-0.3, -0.25) is 19.4 Å². The summed E-state index contributed by atoms with van der Waals surface area (Å²) in [5, 5.41) is 10.3. The lowest BCUT2D eigenvalue weighted by Gasteiger charge is -2.32. The van der Waals surface area contributed by atoms with Crippen LogP contribution in [0.5, 0.6) is 23.0 Å². The minimum Gasteiger partial charge on any atom is -0.497 e. The van der Waals surface area contributed by atoms with Gasteiger partial charge < -0.3 is 35.1 Å². The molecule has 2 heterocycles. The SMILES string of the molecule is COc1cc(Cc2cc(Oc3ccc(NC(=O)Nc4cc(C(C)(C)C)cc(NS(C)(=O)=O)c4OC)c4ccccc34)ccn2)cc(C(=O)NCCN2CCN(C)CC2)c1. The van der Waals surface area contributed by atoms with E-state index in [0.29, 0.717) is 47.2 Å². The van der Waals surface area contributed by atoms with Gasteiger partial charge in [-0.2, -0.15) is 0 Å². The van der Waals surface area contributed by atoms with E-state index in [1.807, 2.05) is 63.2 Å². The number of benzene rings is 4. The summed E-state index contributed by atoms with van der Waals surface area (Å²) >= 11 is 0. The molecule has 1 aliphatic rings. The van der Waals surface area contributed by atoms with Crippen molar-refractivity contribution in [3.63, 3.8) is 0 Å². The van der Waals surface area contributed by atoms with Crippen LogP contribution in [0.3, 0.4) is 0 Å². The summed E-state index contributed by atoms with van der Waals surface area (Å²) in [5.41, 5.74) is 3.58. The van der Waals surface area contributed by atoms with Crippen molar-refractivity contribution in [2.45, 2.75) is 32.6 Å². The average Bonchev–Trinajstić information content (AvgIpc) is 3.18. The zero-order valence-corrected chi connectivity index (χ0v) is 35.5. The van der Waals surface area contributed by atoms with Crippen molar-refractivity contribution in [2.75, 3.05) is 82.1 Å². The monoisotopic (exact) mass is 823 g/mol. The maximum atomic E-state index is 13.5. The van der Waals surface area contributed by atoms with Gasteiger partial charge in [-0.15, -0.1) is 0 Å². The van der Waals surface area contributed by atoms with E-state index in [2.05, 4.69) is 42.5 Å². The van der Waals surface area contributed by atoms with Gasteiger partial charge in [0.05, 0.1) is 37.5 Å². The number of hydrogen-bond acceptors (Lipinski definition) is 10. The molecule has 6 rings (SSSR count). The molecule has 0 bridgehead atoms. The van der Waals surface area contributed by atoms with Gasteiger partial charge in [0.2, 0.25) is 10.0 Å². The van der Waals surface area contributed by atoms with Crippen molar-refractivity contribution in [1.29, 1.82) is 0 Å². The Balaban J connectivity index is 1.16. The van der Waals surface area contributed by atoms with Crippen LogP contribution >= 0.6 is 0 Å². The molecule has 0 aliphatic carbocycles. The number of sulfonamides is 1. The number of fused-ring (bicyclic) bond motifs is 1. The average molecular weight is 824 g/mol. The molecular weight excluding hydrogens is 771 g/mol. The van der Waals surface area contributed by atoms with Gasteiger partial charge in [-0.25, -0.2) is 13.2 Å². The third-order valence-electron chi connectivity index (χ3n) is 10.0. The first kappa shape index (κ1) is 42.7. The number of aromatic nitrogens is 1. The Hall–Kier alpha value is -5.90. The number of hydrogen-bond donors (Lipinski definition) is 4. The Morgan fingerprint density at radius 3 is 2.22 bits per heavy atom. The molecular formula is C44H53N7O7S. The van der Waals surface area contributed by atoms with E-state index in [0.717, 1.165) is 66.6 Å². The van der Waals surface area contributed by atoms with E-state index in [9.17, 15) is 18.0 Å². The van der Waals surface area contributed by atoms with E-state index in [4.69, 9.17) is 14.2 Å². The summed E-state index contributed by atoms with van der Waals surface area (Å²) in [7, 11) is 1.47. The zero-order chi connectivity index (χ0) is 42.3. The highest BCUT2D eigenvalue weighted by Gasteiger charge is 2.23. The summed E-state index contributed by atoms with van der Waals surface area (Å²) in [6.45, 7) is 11.4. The molecule has 1 fully saturated rings. The van der Waals surface area contributed by atoms with Crippen LogP contribution in [0.1, 0.15) is 48.0 Å². The number of amides is 3. The highest BCUT2D eigenvalue weighted by atomic mass is 32.2. The topological polar surface area (TPSA) is 163 Å². The van der Waals surface area contributed by atoms with Crippen LogP contribution in [0.15, 0.2) is 85.1 Å². The van der Waals surface area contributed by atoms with Crippen LogP contribution in [0.4, 0.5) is 21.9 Å². The molecule has 0 radical (unpaired) electrons. The highest BCUT2D eigenvalue weighted by Crippen LogP contribution is 2.40.